The highest BCUT2D eigenvalue weighted by Gasteiger charge is 2.45. The van der Waals surface area contributed by atoms with Gasteiger partial charge in [0, 0.05) is 18.2 Å². The highest BCUT2D eigenvalue weighted by molar-refractivity contribution is 5.96. The van der Waals surface area contributed by atoms with Gasteiger partial charge in [-0.15, -0.1) is 0 Å². The summed E-state index contributed by atoms with van der Waals surface area (Å²) in [5, 5.41) is 9.85. The first-order chi connectivity index (χ1) is 13.2. The number of cyclic esters (lactones) is 1. The van der Waals surface area contributed by atoms with Crippen LogP contribution in [0.5, 0.6) is 0 Å². The predicted octanol–water partition coefficient (Wildman–Crippen LogP) is 3.39. The summed E-state index contributed by atoms with van der Waals surface area (Å²) in [6.45, 7) is 7.73. The number of pyridine rings is 1. The summed E-state index contributed by atoms with van der Waals surface area (Å²) < 4.78 is 10.9. The molecule has 0 amide bonds. The molecule has 1 aromatic heterocycles. The summed E-state index contributed by atoms with van der Waals surface area (Å²) in [7, 11) is 0. The third-order valence-corrected chi connectivity index (χ3v) is 4.70. The Hall–Kier alpha value is -2.21. The van der Waals surface area contributed by atoms with Gasteiger partial charge in [-0.3, -0.25) is 9.78 Å². The average Bonchev–Trinajstić information content (AvgIpc) is 2.95. The van der Waals surface area contributed by atoms with Crippen molar-refractivity contribution >= 4 is 18.0 Å². The molecule has 1 N–H and O–H groups in total. The van der Waals surface area contributed by atoms with Crippen LogP contribution < -0.4 is 0 Å². The van der Waals surface area contributed by atoms with Crippen molar-refractivity contribution in [2.75, 3.05) is 13.2 Å². The molecule has 1 aromatic rings. The van der Waals surface area contributed by atoms with E-state index in [1.54, 1.807) is 24.4 Å². The fraction of sp³-hybridized carbons (Fsp3) is 0.591. The van der Waals surface area contributed by atoms with Crippen LogP contribution in [-0.4, -0.2) is 40.8 Å². The minimum Gasteiger partial charge on any atom is -0.461 e. The molecule has 0 bridgehead atoms. The number of aromatic nitrogens is 1. The highest BCUT2D eigenvalue weighted by atomic mass is 16.6. The second-order valence-electron chi connectivity index (χ2n) is 8.40. The minimum absolute atomic E-state index is 0.152. The Balaban J connectivity index is 2.05. The summed E-state index contributed by atoms with van der Waals surface area (Å²) in [5.41, 5.74) is -0.188. The van der Waals surface area contributed by atoms with E-state index in [0.717, 1.165) is 12.8 Å². The molecule has 2 rings (SSSR count). The summed E-state index contributed by atoms with van der Waals surface area (Å²) in [5.74, 6) is -0.262. The van der Waals surface area contributed by atoms with Gasteiger partial charge in [-0.1, -0.05) is 33.8 Å². The zero-order valence-corrected chi connectivity index (χ0v) is 17.2. The Morgan fingerprint density at radius 3 is 2.50 bits per heavy atom. The quantitative estimate of drug-likeness (QED) is 0.515. The largest absolute Gasteiger partial charge is 0.461 e. The van der Waals surface area contributed by atoms with E-state index in [1.807, 2.05) is 6.07 Å². The van der Waals surface area contributed by atoms with Gasteiger partial charge in [-0.25, -0.2) is 4.79 Å². The molecule has 0 spiro atoms. The number of ether oxygens (including phenoxy) is 2. The second kappa shape index (κ2) is 9.82. The number of carbonyl (C=O) groups excluding carboxylic acids is 2. The molecule has 1 saturated heterocycles. The molecular formula is C22H31NO5. The maximum atomic E-state index is 12.6. The molecular weight excluding hydrogens is 358 g/mol. The Morgan fingerprint density at radius 2 is 1.96 bits per heavy atom. The summed E-state index contributed by atoms with van der Waals surface area (Å²) in [6, 6.07) is 5.39. The molecule has 28 heavy (non-hydrogen) atoms. The van der Waals surface area contributed by atoms with Gasteiger partial charge in [0.25, 0.3) is 0 Å². The fourth-order valence-corrected chi connectivity index (χ4v) is 3.43. The van der Waals surface area contributed by atoms with Crippen molar-refractivity contribution in [1.82, 2.24) is 4.98 Å². The van der Waals surface area contributed by atoms with E-state index >= 15 is 0 Å². The first-order valence-corrected chi connectivity index (χ1v) is 9.87. The number of aliphatic hydroxyl groups excluding tert-OH is 1. The van der Waals surface area contributed by atoms with E-state index < -0.39 is 18.2 Å². The molecule has 0 aliphatic carbocycles. The molecule has 1 atom stereocenters. The standard InChI is InChI=1S/C22H31NO5/c1-15(2)9-17(10-16(3)4)20(25)27-14-22(13-24)12-18(21(26)28-22)11-19-7-5-6-8-23-19/h5-8,11,15-17,24H,9-10,12-14H2,1-4H3/b18-11+. The number of aliphatic hydroxyl groups is 1. The van der Waals surface area contributed by atoms with Crippen LogP contribution in [0.25, 0.3) is 6.08 Å². The van der Waals surface area contributed by atoms with E-state index in [-0.39, 0.29) is 24.9 Å². The Kier molecular flexibility index (Phi) is 7.75. The third-order valence-electron chi connectivity index (χ3n) is 4.70. The van der Waals surface area contributed by atoms with E-state index in [2.05, 4.69) is 32.7 Å². The summed E-state index contributed by atoms with van der Waals surface area (Å²) in [4.78, 5) is 29.0. The first-order valence-electron chi connectivity index (χ1n) is 9.87. The number of carbonyl (C=O) groups is 2. The molecule has 154 valence electrons. The Bertz CT molecular complexity index is 688. The monoisotopic (exact) mass is 389 g/mol. The molecule has 0 aromatic carbocycles. The first kappa shape index (κ1) is 22.1. The van der Waals surface area contributed by atoms with Crippen LogP contribution in [0.2, 0.25) is 0 Å². The van der Waals surface area contributed by atoms with Crippen LogP contribution in [0.1, 0.15) is 52.7 Å². The van der Waals surface area contributed by atoms with Crippen LogP contribution in [0, 0.1) is 17.8 Å². The molecule has 2 heterocycles. The Morgan fingerprint density at radius 1 is 1.29 bits per heavy atom. The lowest BCUT2D eigenvalue weighted by molar-refractivity contribution is -0.169. The number of rotatable bonds is 9. The summed E-state index contributed by atoms with van der Waals surface area (Å²) in [6.07, 6.45) is 4.94. The molecule has 1 fully saturated rings. The van der Waals surface area contributed by atoms with Gasteiger partial charge in [0.15, 0.2) is 5.60 Å². The lowest BCUT2D eigenvalue weighted by Gasteiger charge is -2.26. The molecule has 0 radical (unpaired) electrons. The highest BCUT2D eigenvalue weighted by Crippen LogP contribution is 2.33. The van der Waals surface area contributed by atoms with Gasteiger partial charge in [0.05, 0.1) is 18.2 Å². The fourth-order valence-electron chi connectivity index (χ4n) is 3.43. The van der Waals surface area contributed by atoms with Crippen molar-refractivity contribution in [2.24, 2.45) is 17.8 Å². The number of hydrogen-bond acceptors (Lipinski definition) is 6. The van der Waals surface area contributed by atoms with Gasteiger partial charge in [-0.05, 0) is 42.9 Å². The van der Waals surface area contributed by atoms with Gasteiger partial charge < -0.3 is 14.6 Å². The van der Waals surface area contributed by atoms with Crippen LogP contribution in [0.4, 0.5) is 0 Å². The normalized spacial score (nSPS) is 21.0. The van der Waals surface area contributed by atoms with Crippen molar-refractivity contribution in [3.05, 3.63) is 35.7 Å². The number of esters is 2. The van der Waals surface area contributed by atoms with Gasteiger partial charge >= 0.3 is 11.9 Å². The van der Waals surface area contributed by atoms with Crippen molar-refractivity contribution in [2.45, 2.75) is 52.6 Å². The van der Waals surface area contributed by atoms with Crippen LogP contribution in [-0.2, 0) is 19.1 Å². The molecule has 0 saturated carbocycles. The topological polar surface area (TPSA) is 85.7 Å². The second-order valence-corrected chi connectivity index (χ2v) is 8.40. The molecule has 6 heteroatoms. The van der Waals surface area contributed by atoms with E-state index in [0.29, 0.717) is 23.1 Å². The summed E-state index contributed by atoms with van der Waals surface area (Å²) >= 11 is 0. The lowest BCUT2D eigenvalue weighted by atomic mass is 9.89. The number of nitrogens with zero attached hydrogens (tertiary/aromatic N) is 1. The maximum absolute atomic E-state index is 12.6. The van der Waals surface area contributed by atoms with E-state index in [1.165, 1.54) is 0 Å². The van der Waals surface area contributed by atoms with E-state index in [9.17, 15) is 14.7 Å². The van der Waals surface area contributed by atoms with Crippen LogP contribution >= 0.6 is 0 Å². The molecule has 1 aliphatic rings. The van der Waals surface area contributed by atoms with Crippen molar-refractivity contribution < 1.29 is 24.2 Å². The van der Waals surface area contributed by atoms with Crippen LogP contribution in [0.15, 0.2) is 30.0 Å². The minimum atomic E-state index is -1.23. The average molecular weight is 389 g/mol. The van der Waals surface area contributed by atoms with Crippen molar-refractivity contribution in [3.8, 4) is 0 Å². The zero-order valence-electron chi connectivity index (χ0n) is 17.2. The smallest absolute Gasteiger partial charge is 0.335 e. The third kappa shape index (κ3) is 6.16. The van der Waals surface area contributed by atoms with Crippen molar-refractivity contribution in [3.63, 3.8) is 0 Å². The van der Waals surface area contributed by atoms with Gasteiger partial charge in [-0.2, -0.15) is 0 Å². The Labute approximate surface area is 167 Å². The van der Waals surface area contributed by atoms with Gasteiger partial charge in [0.1, 0.15) is 6.61 Å². The molecule has 1 aliphatic heterocycles. The molecule has 6 nitrogen and oxygen atoms in total. The molecule has 1 unspecified atom stereocenters. The lowest BCUT2D eigenvalue weighted by Crippen LogP contribution is -2.40. The van der Waals surface area contributed by atoms with Crippen molar-refractivity contribution in [1.29, 1.82) is 0 Å². The zero-order chi connectivity index (χ0) is 20.7. The van der Waals surface area contributed by atoms with Crippen LogP contribution in [0.3, 0.4) is 0 Å². The maximum Gasteiger partial charge on any atom is 0.335 e. The van der Waals surface area contributed by atoms with E-state index in [4.69, 9.17) is 9.47 Å². The SMILES string of the molecule is CC(C)CC(CC(C)C)C(=O)OCC1(CO)C/C(=C\c2ccccn2)C(=O)O1. The van der Waals surface area contributed by atoms with Gasteiger partial charge in [0.2, 0.25) is 0 Å². The predicted molar refractivity (Wildman–Crippen MR) is 106 cm³/mol. The number of hydrogen-bond donors (Lipinski definition) is 1.